The van der Waals surface area contributed by atoms with Crippen molar-refractivity contribution in [1.29, 1.82) is 0 Å². The molecule has 0 atom stereocenters. The van der Waals surface area contributed by atoms with Gasteiger partial charge in [-0.15, -0.1) is 11.3 Å². The first-order valence-electron chi connectivity index (χ1n) is 7.33. The average Bonchev–Trinajstić information content (AvgIpc) is 3.02. The van der Waals surface area contributed by atoms with Gasteiger partial charge in [0.25, 0.3) is 0 Å². The molecule has 0 fully saturated rings. The number of hydrogen-bond acceptors (Lipinski definition) is 5. The van der Waals surface area contributed by atoms with Crippen LogP contribution in [0.4, 0.5) is 5.13 Å². The van der Waals surface area contributed by atoms with Crippen molar-refractivity contribution in [3.63, 3.8) is 0 Å². The summed E-state index contributed by atoms with van der Waals surface area (Å²) in [6, 6.07) is 11.2. The number of benzene rings is 2. The first-order chi connectivity index (χ1) is 11.5. The van der Waals surface area contributed by atoms with Crippen molar-refractivity contribution in [2.24, 2.45) is 5.10 Å². The number of halogens is 1. The van der Waals surface area contributed by atoms with Gasteiger partial charge in [-0.25, -0.2) is 4.98 Å². The smallest absolute Gasteiger partial charge is 0.203 e. The highest BCUT2D eigenvalue weighted by Crippen LogP contribution is 2.26. The Bertz CT molecular complexity index is 905. The minimum atomic E-state index is 0.0553. The third-order valence-corrected chi connectivity index (χ3v) is 4.70. The first kappa shape index (κ1) is 16.5. The standard InChI is InChI=1S/C18H16ClN3OS/c1-11-3-5-14(7-12(11)2)16-10-24-18(21-16)22-20-9-13-4-6-17(23)15(19)8-13/h3-10,23H,1-2H3,(H,21,22)/b20-9-. The number of nitrogens with one attached hydrogen (secondary N) is 1. The molecule has 1 aromatic heterocycles. The molecule has 0 spiro atoms. The van der Waals surface area contributed by atoms with E-state index < -0.39 is 0 Å². The Morgan fingerprint density at radius 2 is 2.00 bits per heavy atom. The van der Waals surface area contributed by atoms with E-state index in [9.17, 15) is 5.11 Å². The Kier molecular flexibility index (Phi) is 4.83. The molecule has 4 nitrogen and oxygen atoms in total. The van der Waals surface area contributed by atoms with Crippen molar-refractivity contribution in [2.45, 2.75) is 13.8 Å². The van der Waals surface area contributed by atoms with Crippen LogP contribution < -0.4 is 5.43 Å². The molecule has 24 heavy (non-hydrogen) atoms. The lowest BCUT2D eigenvalue weighted by Crippen LogP contribution is -1.90. The number of phenolic OH excluding ortho intramolecular Hbond substituents is 1. The second-order valence-electron chi connectivity index (χ2n) is 5.42. The van der Waals surface area contributed by atoms with Gasteiger partial charge in [0.05, 0.1) is 16.9 Å². The zero-order valence-electron chi connectivity index (χ0n) is 13.2. The molecule has 2 N–H and O–H groups in total. The summed E-state index contributed by atoms with van der Waals surface area (Å²) in [5.41, 5.74) is 8.24. The summed E-state index contributed by atoms with van der Waals surface area (Å²) in [7, 11) is 0. The molecule has 3 aromatic rings. The van der Waals surface area contributed by atoms with E-state index in [4.69, 9.17) is 11.6 Å². The van der Waals surface area contributed by atoms with Crippen molar-refractivity contribution >= 4 is 34.3 Å². The quantitative estimate of drug-likeness (QED) is 0.496. The van der Waals surface area contributed by atoms with E-state index in [1.54, 1.807) is 18.3 Å². The molecule has 0 unspecified atom stereocenters. The Hall–Kier alpha value is -2.37. The largest absolute Gasteiger partial charge is 0.506 e. The van der Waals surface area contributed by atoms with Gasteiger partial charge in [0.2, 0.25) is 5.13 Å². The van der Waals surface area contributed by atoms with Crippen molar-refractivity contribution in [3.8, 4) is 17.0 Å². The molecular formula is C18H16ClN3OS. The van der Waals surface area contributed by atoms with Crippen LogP contribution in [0.1, 0.15) is 16.7 Å². The molecule has 0 amide bonds. The SMILES string of the molecule is Cc1ccc(-c2csc(N/N=C\c3ccc(O)c(Cl)c3)n2)cc1C. The molecule has 122 valence electrons. The fraction of sp³-hybridized carbons (Fsp3) is 0.111. The highest BCUT2D eigenvalue weighted by atomic mass is 35.5. The van der Waals surface area contributed by atoms with Crippen molar-refractivity contribution in [1.82, 2.24) is 4.98 Å². The van der Waals surface area contributed by atoms with E-state index in [0.29, 0.717) is 10.2 Å². The second kappa shape index (κ2) is 7.03. The number of rotatable bonds is 4. The number of aryl methyl sites for hydroxylation is 2. The topological polar surface area (TPSA) is 57.5 Å². The molecule has 0 bridgehead atoms. The van der Waals surface area contributed by atoms with Gasteiger partial charge in [-0.2, -0.15) is 5.10 Å². The lowest BCUT2D eigenvalue weighted by atomic mass is 10.1. The molecule has 1 heterocycles. The number of hydrazone groups is 1. The summed E-state index contributed by atoms with van der Waals surface area (Å²) in [6.45, 7) is 4.19. The number of aromatic nitrogens is 1. The third kappa shape index (κ3) is 3.75. The van der Waals surface area contributed by atoms with Gasteiger partial charge in [-0.1, -0.05) is 23.7 Å². The maximum atomic E-state index is 9.39. The van der Waals surface area contributed by atoms with Crippen LogP contribution in [0.25, 0.3) is 11.3 Å². The summed E-state index contributed by atoms with van der Waals surface area (Å²) < 4.78 is 0. The maximum Gasteiger partial charge on any atom is 0.203 e. The predicted octanol–water partition coefficient (Wildman–Crippen LogP) is 5.23. The first-order valence-corrected chi connectivity index (χ1v) is 8.59. The summed E-state index contributed by atoms with van der Waals surface area (Å²) in [5.74, 6) is 0.0553. The summed E-state index contributed by atoms with van der Waals surface area (Å²) in [6.07, 6.45) is 1.63. The van der Waals surface area contributed by atoms with Crippen molar-refractivity contribution in [3.05, 3.63) is 63.5 Å². The molecule has 0 aliphatic rings. The highest BCUT2D eigenvalue weighted by Gasteiger charge is 2.05. The van der Waals surface area contributed by atoms with Crippen LogP contribution in [-0.4, -0.2) is 16.3 Å². The predicted molar refractivity (Wildman–Crippen MR) is 101 cm³/mol. The molecule has 0 saturated carbocycles. The van der Waals surface area contributed by atoms with E-state index >= 15 is 0 Å². The minimum absolute atomic E-state index is 0.0553. The monoisotopic (exact) mass is 357 g/mol. The van der Waals surface area contributed by atoms with Gasteiger partial charge in [0.1, 0.15) is 5.75 Å². The zero-order chi connectivity index (χ0) is 17.1. The summed E-state index contributed by atoms with van der Waals surface area (Å²) in [5, 5.41) is 16.6. The molecule has 6 heteroatoms. The molecule has 2 aromatic carbocycles. The van der Waals surface area contributed by atoms with Crippen LogP contribution in [0, 0.1) is 13.8 Å². The van der Waals surface area contributed by atoms with Gasteiger partial charge in [-0.05, 0) is 54.8 Å². The van der Waals surface area contributed by atoms with Crippen LogP contribution in [0.2, 0.25) is 5.02 Å². The van der Waals surface area contributed by atoms with Gasteiger partial charge in [-0.3, -0.25) is 5.43 Å². The number of hydrogen-bond donors (Lipinski definition) is 2. The molecule has 0 saturated heterocycles. The maximum absolute atomic E-state index is 9.39. The van der Waals surface area contributed by atoms with E-state index in [2.05, 4.69) is 47.6 Å². The van der Waals surface area contributed by atoms with Crippen LogP contribution in [0.5, 0.6) is 5.75 Å². The molecule has 0 aliphatic carbocycles. The van der Waals surface area contributed by atoms with E-state index in [1.807, 2.05) is 5.38 Å². The van der Waals surface area contributed by atoms with E-state index in [-0.39, 0.29) is 5.75 Å². The van der Waals surface area contributed by atoms with Crippen LogP contribution in [0.3, 0.4) is 0 Å². The zero-order valence-corrected chi connectivity index (χ0v) is 14.8. The van der Waals surface area contributed by atoms with E-state index in [0.717, 1.165) is 16.8 Å². The van der Waals surface area contributed by atoms with Crippen LogP contribution in [0.15, 0.2) is 46.9 Å². The lowest BCUT2D eigenvalue weighted by Gasteiger charge is -2.02. The van der Waals surface area contributed by atoms with Crippen LogP contribution >= 0.6 is 22.9 Å². The lowest BCUT2D eigenvalue weighted by molar-refractivity contribution is 0.475. The van der Waals surface area contributed by atoms with Crippen LogP contribution in [-0.2, 0) is 0 Å². The Labute approximate surface area is 149 Å². The fourth-order valence-electron chi connectivity index (χ4n) is 2.12. The average molecular weight is 358 g/mol. The van der Waals surface area contributed by atoms with E-state index in [1.165, 1.54) is 28.5 Å². The Balaban J connectivity index is 1.70. The Morgan fingerprint density at radius 1 is 1.17 bits per heavy atom. The highest BCUT2D eigenvalue weighted by molar-refractivity contribution is 7.14. The van der Waals surface area contributed by atoms with Gasteiger partial charge < -0.3 is 5.11 Å². The molecule has 0 aliphatic heterocycles. The number of phenols is 1. The van der Waals surface area contributed by atoms with Gasteiger partial charge in [0.15, 0.2) is 0 Å². The van der Waals surface area contributed by atoms with Gasteiger partial charge in [0, 0.05) is 10.9 Å². The minimum Gasteiger partial charge on any atom is -0.506 e. The third-order valence-electron chi connectivity index (χ3n) is 3.65. The second-order valence-corrected chi connectivity index (χ2v) is 6.68. The fourth-order valence-corrected chi connectivity index (χ4v) is 2.98. The number of thiazole rings is 1. The Morgan fingerprint density at radius 3 is 2.75 bits per heavy atom. The van der Waals surface area contributed by atoms with Crippen molar-refractivity contribution < 1.29 is 5.11 Å². The number of aromatic hydroxyl groups is 1. The van der Waals surface area contributed by atoms with Gasteiger partial charge >= 0.3 is 0 Å². The summed E-state index contributed by atoms with van der Waals surface area (Å²) >= 11 is 7.36. The molecule has 0 radical (unpaired) electrons. The molecule has 3 rings (SSSR count). The number of anilines is 1. The number of nitrogens with zero attached hydrogens (tertiary/aromatic N) is 2. The summed E-state index contributed by atoms with van der Waals surface area (Å²) in [4.78, 5) is 4.54. The normalized spacial score (nSPS) is 11.1. The molecular weight excluding hydrogens is 342 g/mol. The van der Waals surface area contributed by atoms with Crippen molar-refractivity contribution in [2.75, 3.05) is 5.43 Å².